The number of aliphatic hydroxyl groups excluding tert-OH is 1. The van der Waals surface area contributed by atoms with E-state index in [-0.39, 0.29) is 6.61 Å². The number of nitrogens with one attached hydrogen (secondary N) is 2. The summed E-state index contributed by atoms with van der Waals surface area (Å²) in [6.07, 6.45) is 1.10. The number of rotatable bonds is 5. The van der Waals surface area contributed by atoms with Gasteiger partial charge in [-0.3, -0.25) is 10.9 Å². The molecule has 0 fully saturated rings. The Balaban J connectivity index is 0. The number of carbonyl (C=O) groups is 2. The molecule has 1 atom stereocenters. The zero-order valence-corrected chi connectivity index (χ0v) is 8.86. The van der Waals surface area contributed by atoms with Crippen molar-refractivity contribution >= 4 is 11.9 Å². The first kappa shape index (κ1) is 16.3. The molecule has 1 unspecified atom stereocenters. The van der Waals surface area contributed by atoms with E-state index in [1.807, 2.05) is 0 Å². The first-order valence-corrected chi connectivity index (χ1v) is 4.51. The van der Waals surface area contributed by atoms with Crippen LogP contribution in [-0.4, -0.2) is 46.5 Å². The van der Waals surface area contributed by atoms with E-state index in [0.717, 1.165) is 6.42 Å². The van der Waals surface area contributed by atoms with Gasteiger partial charge < -0.3 is 15.3 Å². The second-order valence-electron chi connectivity index (χ2n) is 2.71. The van der Waals surface area contributed by atoms with Crippen molar-refractivity contribution in [2.24, 2.45) is 0 Å². The van der Waals surface area contributed by atoms with Crippen molar-refractivity contribution < 1.29 is 24.9 Å². The highest BCUT2D eigenvalue weighted by atomic mass is 16.4. The van der Waals surface area contributed by atoms with Gasteiger partial charge in [-0.25, -0.2) is 9.59 Å². The van der Waals surface area contributed by atoms with Crippen molar-refractivity contribution in [2.75, 3.05) is 13.2 Å². The molecule has 0 spiro atoms. The van der Waals surface area contributed by atoms with Crippen LogP contribution >= 0.6 is 0 Å². The van der Waals surface area contributed by atoms with Gasteiger partial charge in [-0.2, -0.15) is 0 Å². The van der Waals surface area contributed by atoms with E-state index in [9.17, 15) is 0 Å². The van der Waals surface area contributed by atoms with Crippen molar-refractivity contribution in [3.05, 3.63) is 0 Å². The topological polar surface area (TPSA) is 119 Å². The molecule has 0 aliphatic rings. The van der Waals surface area contributed by atoms with Crippen LogP contribution in [0, 0.1) is 0 Å². The normalized spacial score (nSPS) is 11.1. The second kappa shape index (κ2) is 10.9. The summed E-state index contributed by atoms with van der Waals surface area (Å²) >= 11 is 0. The second-order valence-corrected chi connectivity index (χ2v) is 2.71. The van der Waals surface area contributed by atoms with E-state index >= 15 is 0 Å². The molecule has 0 rings (SSSR count). The molecule has 15 heavy (non-hydrogen) atoms. The monoisotopic (exact) mass is 222 g/mol. The van der Waals surface area contributed by atoms with E-state index in [1.54, 1.807) is 0 Å². The Kier molecular flexibility index (Phi) is 11.8. The minimum atomic E-state index is -1.82. The van der Waals surface area contributed by atoms with Crippen LogP contribution in [0.3, 0.4) is 0 Å². The number of aliphatic hydroxyl groups is 1. The van der Waals surface area contributed by atoms with Crippen LogP contribution in [0.15, 0.2) is 0 Å². The van der Waals surface area contributed by atoms with Gasteiger partial charge >= 0.3 is 11.9 Å². The first-order chi connectivity index (χ1) is 6.95. The predicted molar refractivity (Wildman–Crippen MR) is 53.2 cm³/mol. The minimum Gasteiger partial charge on any atom is -0.473 e. The third kappa shape index (κ3) is 15.6. The Morgan fingerprint density at radius 1 is 1.27 bits per heavy atom. The molecule has 0 aromatic heterocycles. The lowest BCUT2D eigenvalue weighted by Crippen LogP contribution is -2.40. The Bertz CT molecular complexity index is 174. The third-order valence-corrected chi connectivity index (χ3v) is 1.38. The number of carboxylic acid groups (broad SMARTS) is 2. The fourth-order valence-corrected chi connectivity index (χ4v) is 0.404. The molecule has 90 valence electrons. The predicted octanol–water partition coefficient (Wildman–Crippen LogP) is -0.973. The van der Waals surface area contributed by atoms with Crippen molar-refractivity contribution in [3.63, 3.8) is 0 Å². The van der Waals surface area contributed by atoms with Crippen LogP contribution in [0.2, 0.25) is 0 Å². The Morgan fingerprint density at radius 2 is 1.73 bits per heavy atom. The van der Waals surface area contributed by atoms with E-state index in [0.29, 0.717) is 12.6 Å². The molecule has 0 aromatic carbocycles. The highest BCUT2D eigenvalue weighted by Crippen LogP contribution is 1.83. The lowest BCUT2D eigenvalue weighted by Gasteiger charge is -2.10. The maximum atomic E-state index is 9.10. The molecule has 5 N–H and O–H groups in total. The largest absolute Gasteiger partial charge is 0.473 e. The summed E-state index contributed by atoms with van der Waals surface area (Å²) in [5.41, 5.74) is 5.91. The lowest BCUT2D eigenvalue weighted by atomic mass is 10.3. The van der Waals surface area contributed by atoms with E-state index < -0.39 is 11.9 Å². The maximum Gasteiger partial charge on any atom is 0.414 e. The van der Waals surface area contributed by atoms with Crippen LogP contribution in [0.4, 0.5) is 0 Å². The van der Waals surface area contributed by atoms with Gasteiger partial charge in [0.1, 0.15) is 0 Å². The van der Waals surface area contributed by atoms with Crippen molar-refractivity contribution in [1.82, 2.24) is 10.9 Å². The molecular formula is C8H18N2O5. The Morgan fingerprint density at radius 3 is 2.00 bits per heavy atom. The van der Waals surface area contributed by atoms with Gasteiger partial charge in [0.15, 0.2) is 0 Å². The molecule has 0 saturated heterocycles. The zero-order chi connectivity index (χ0) is 12.3. The average molecular weight is 222 g/mol. The summed E-state index contributed by atoms with van der Waals surface area (Å²) in [7, 11) is 0. The summed E-state index contributed by atoms with van der Waals surface area (Å²) in [6.45, 7) is 5.00. The molecule has 0 radical (unpaired) electrons. The fraction of sp³-hybridized carbons (Fsp3) is 0.750. The zero-order valence-electron chi connectivity index (χ0n) is 8.86. The van der Waals surface area contributed by atoms with Crippen molar-refractivity contribution in [2.45, 2.75) is 26.3 Å². The molecule has 0 aromatic rings. The van der Waals surface area contributed by atoms with Gasteiger partial charge in [0, 0.05) is 12.6 Å². The summed E-state index contributed by atoms with van der Waals surface area (Å²) in [5.74, 6) is -3.65. The molecular weight excluding hydrogens is 204 g/mol. The molecule has 0 heterocycles. The van der Waals surface area contributed by atoms with Gasteiger partial charge in [-0.15, -0.1) is 0 Å². The van der Waals surface area contributed by atoms with E-state index in [2.05, 4.69) is 24.7 Å². The third-order valence-electron chi connectivity index (χ3n) is 1.38. The molecule has 0 amide bonds. The Labute approximate surface area is 88.1 Å². The summed E-state index contributed by atoms with van der Waals surface area (Å²) in [5, 5.41) is 23.1. The minimum absolute atomic E-state index is 0.184. The summed E-state index contributed by atoms with van der Waals surface area (Å²) in [6, 6.07) is 0.483. The fourth-order valence-electron chi connectivity index (χ4n) is 0.404. The van der Waals surface area contributed by atoms with Crippen LogP contribution in [0.25, 0.3) is 0 Å². The van der Waals surface area contributed by atoms with E-state index in [4.69, 9.17) is 24.9 Å². The standard InChI is InChI=1S/C6H16N2O.C2H2O4/c1-3-6(2)8-7-4-5-9;3-1(4)2(5)6/h6-9H,3-5H2,1-2H3;(H,3,4)(H,5,6). The Hall–Kier alpha value is -1.18. The number of carboxylic acids is 2. The van der Waals surface area contributed by atoms with E-state index in [1.165, 1.54) is 0 Å². The van der Waals surface area contributed by atoms with Crippen LogP contribution in [0.5, 0.6) is 0 Å². The average Bonchev–Trinajstić information content (AvgIpc) is 2.18. The van der Waals surface area contributed by atoms with Crippen LogP contribution in [-0.2, 0) is 9.59 Å². The van der Waals surface area contributed by atoms with Gasteiger partial charge in [0.25, 0.3) is 0 Å². The summed E-state index contributed by atoms with van der Waals surface area (Å²) < 4.78 is 0. The molecule has 0 saturated carbocycles. The number of hydrazine groups is 1. The lowest BCUT2D eigenvalue weighted by molar-refractivity contribution is -0.159. The smallest absolute Gasteiger partial charge is 0.414 e. The molecule has 7 nitrogen and oxygen atoms in total. The summed E-state index contributed by atoms with van der Waals surface area (Å²) in [4.78, 5) is 18.2. The van der Waals surface area contributed by atoms with Crippen LogP contribution < -0.4 is 10.9 Å². The SMILES string of the molecule is CCC(C)NNCCO.O=C(O)C(=O)O. The first-order valence-electron chi connectivity index (χ1n) is 4.51. The van der Waals surface area contributed by atoms with Gasteiger partial charge in [-0.05, 0) is 13.3 Å². The number of hydrogen-bond acceptors (Lipinski definition) is 5. The maximum absolute atomic E-state index is 9.10. The highest BCUT2D eigenvalue weighted by Gasteiger charge is 2.04. The highest BCUT2D eigenvalue weighted by molar-refractivity contribution is 6.27. The molecule has 0 bridgehead atoms. The van der Waals surface area contributed by atoms with Crippen molar-refractivity contribution in [1.29, 1.82) is 0 Å². The van der Waals surface area contributed by atoms with Crippen molar-refractivity contribution in [3.8, 4) is 0 Å². The number of aliphatic carboxylic acids is 2. The molecule has 0 aliphatic carbocycles. The quantitative estimate of drug-likeness (QED) is 0.230. The van der Waals surface area contributed by atoms with Gasteiger partial charge in [-0.1, -0.05) is 6.92 Å². The van der Waals surface area contributed by atoms with Gasteiger partial charge in [0.05, 0.1) is 6.61 Å². The van der Waals surface area contributed by atoms with Crippen LogP contribution in [0.1, 0.15) is 20.3 Å². The molecule has 7 heteroatoms. The molecule has 0 aliphatic heterocycles. The number of hydrogen-bond donors (Lipinski definition) is 5. The van der Waals surface area contributed by atoms with Gasteiger partial charge in [0.2, 0.25) is 0 Å².